The molecule has 0 atom stereocenters. The SMILES string of the molecule is Cc1ccc(S(=O)(=O)NCc2ccsc2)cc1CN. The average Bonchev–Trinajstić information content (AvgIpc) is 2.90. The summed E-state index contributed by atoms with van der Waals surface area (Å²) in [6.45, 7) is 2.55. The number of sulfonamides is 1. The molecule has 0 radical (unpaired) electrons. The second-order valence-corrected chi connectivity index (χ2v) is 6.80. The van der Waals surface area contributed by atoms with Gasteiger partial charge in [-0.05, 0) is 52.6 Å². The van der Waals surface area contributed by atoms with Gasteiger partial charge in [0.2, 0.25) is 10.0 Å². The van der Waals surface area contributed by atoms with Gasteiger partial charge in [0.25, 0.3) is 0 Å². The molecule has 102 valence electrons. The van der Waals surface area contributed by atoms with Crippen molar-refractivity contribution in [3.05, 3.63) is 51.7 Å². The number of hydrogen-bond donors (Lipinski definition) is 2. The highest BCUT2D eigenvalue weighted by molar-refractivity contribution is 7.89. The molecule has 0 saturated carbocycles. The highest BCUT2D eigenvalue weighted by Gasteiger charge is 2.14. The number of nitrogens with one attached hydrogen (secondary N) is 1. The molecule has 0 saturated heterocycles. The summed E-state index contributed by atoms with van der Waals surface area (Å²) in [6.07, 6.45) is 0. The zero-order valence-corrected chi connectivity index (χ0v) is 12.2. The third-order valence-corrected chi connectivity index (χ3v) is 5.03. The van der Waals surface area contributed by atoms with Crippen LogP contribution in [0, 0.1) is 6.92 Å². The fourth-order valence-corrected chi connectivity index (χ4v) is 3.43. The number of thiophene rings is 1. The van der Waals surface area contributed by atoms with Crippen molar-refractivity contribution in [2.45, 2.75) is 24.9 Å². The summed E-state index contributed by atoms with van der Waals surface area (Å²) in [5.41, 5.74) is 8.40. The lowest BCUT2D eigenvalue weighted by Gasteiger charge is -2.09. The van der Waals surface area contributed by atoms with Gasteiger partial charge < -0.3 is 5.73 Å². The van der Waals surface area contributed by atoms with Crippen LogP contribution in [-0.2, 0) is 23.1 Å². The van der Waals surface area contributed by atoms with Gasteiger partial charge in [0.1, 0.15) is 0 Å². The van der Waals surface area contributed by atoms with Gasteiger partial charge in [0.05, 0.1) is 4.90 Å². The molecule has 0 aliphatic carbocycles. The molecule has 1 aromatic heterocycles. The van der Waals surface area contributed by atoms with E-state index in [4.69, 9.17) is 5.73 Å². The molecule has 0 bridgehead atoms. The Bertz CT molecular complexity index is 649. The molecule has 1 heterocycles. The molecule has 4 nitrogen and oxygen atoms in total. The van der Waals surface area contributed by atoms with E-state index < -0.39 is 10.0 Å². The third-order valence-electron chi connectivity index (χ3n) is 2.90. The summed E-state index contributed by atoms with van der Waals surface area (Å²) < 4.78 is 26.9. The zero-order valence-electron chi connectivity index (χ0n) is 10.6. The van der Waals surface area contributed by atoms with Crippen LogP contribution in [0.25, 0.3) is 0 Å². The van der Waals surface area contributed by atoms with Crippen molar-refractivity contribution in [3.63, 3.8) is 0 Å². The van der Waals surface area contributed by atoms with Crippen LogP contribution in [0.2, 0.25) is 0 Å². The Hall–Kier alpha value is -1.21. The van der Waals surface area contributed by atoms with E-state index in [0.717, 1.165) is 16.7 Å². The van der Waals surface area contributed by atoms with Crippen molar-refractivity contribution in [3.8, 4) is 0 Å². The van der Waals surface area contributed by atoms with E-state index in [9.17, 15) is 8.42 Å². The molecule has 0 unspecified atom stereocenters. The number of rotatable bonds is 5. The third kappa shape index (κ3) is 3.42. The Morgan fingerprint density at radius 3 is 2.74 bits per heavy atom. The van der Waals surface area contributed by atoms with Crippen molar-refractivity contribution in [2.24, 2.45) is 5.73 Å². The van der Waals surface area contributed by atoms with E-state index in [0.29, 0.717) is 13.1 Å². The molecule has 0 aliphatic rings. The van der Waals surface area contributed by atoms with Gasteiger partial charge in [-0.2, -0.15) is 11.3 Å². The van der Waals surface area contributed by atoms with Crippen LogP contribution in [0.5, 0.6) is 0 Å². The van der Waals surface area contributed by atoms with E-state index in [2.05, 4.69) is 4.72 Å². The Balaban J connectivity index is 2.19. The lowest BCUT2D eigenvalue weighted by molar-refractivity contribution is 0.581. The highest BCUT2D eigenvalue weighted by Crippen LogP contribution is 2.16. The van der Waals surface area contributed by atoms with Gasteiger partial charge in [0.15, 0.2) is 0 Å². The first-order valence-electron chi connectivity index (χ1n) is 5.83. The first-order valence-corrected chi connectivity index (χ1v) is 8.26. The lowest BCUT2D eigenvalue weighted by atomic mass is 10.1. The molecule has 0 fully saturated rings. The van der Waals surface area contributed by atoms with E-state index >= 15 is 0 Å². The van der Waals surface area contributed by atoms with E-state index in [1.54, 1.807) is 29.5 Å². The number of hydrogen-bond acceptors (Lipinski definition) is 4. The normalized spacial score (nSPS) is 11.7. The van der Waals surface area contributed by atoms with Crippen molar-refractivity contribution in [1.82, 2.24) is 4.72 Å². The predicted molar refractivity (Wildman–Crippen MR) is 77.4 cm³/mol. The van der Waals surface area contributed by atoms with Crippen molar-refractivity contribution >= 4 is 21.4 Å². The second-order valence-electron chi connectivity index (χ2n) is 4.25. The Labute approximate surface area is 117 Å². The quantitative estimate of drug-likeness (QED) is 0.886. The van der Waals surface area contributed by atoms with E-state index in [1.165, 1.54) is 0 Å². The molecule has 1 aromatic carbocycles. The molecule has 0 spiro atoms. The van der Waals surface area contributed by atoms with Crippen LogP contribution in [0.3, 0.4) is 0 Å². The first kappa shape index (κ1) is 14.2. The predicted octanol–water partition coefficient (Wildman–Crippen LogP) is 1.99. The maximum absolute atomic E-state index is 12.2. The molecular formula is C13H16N2O2S2. The average molecular weight is 296 g/mol. The van der Waals surface area contributed by atoms with Gasteiger partial charge in [0, 0.05) is 13.1 Å². The molecular weight excluding hydrogens is 280 g/mol. The molecule has 0 aliphatic heterocycles. The van der Waals surface area contributed by atoms with Crippen molar-refractivity contribution in [1.29, 1.82) is 0 Å². The molecule has 2 rings (SSSR count). The summed E-state index contributed by atoms with van der Waals surface area (Å²) in [5.74, 6) is 0. The molecule has 0 amide bonds. The van der Waals surface area contributed by atoms with Crippen LogP contribution >= 0.6 is 11.3 Å². The molecule has 2 aromatic rings. The van der Waals surface area contributed by atoms with Crippen LogP contribution in [0.1, 0.15) is 16.7 Å². The van der Waals surface area contributed by atoms with Crippen LogP contribution in [0.4, 0.5) is 0 Å². The summed E-state index contributed by atoms with van der Waals surface area (Å²) >= 11 is 1.54. The highest BCUT2D eigenvalue weighted by atomic mass is 32.2. The van der Waals surface area contributed by atoms with E-state index in [1.807, 2.05) is 23.8 Å². The van der Waals surface area contributed by atoms with Crippen LogP contribution in [0.15, 0.2) is 39.9 Å². The Kier molecular flexibility index (Phi) is 4.36. The molecule has 6 heteroatoms. The standard InChI is InChI=1S/C13H16N2O2S2/c1-10-2-3-13(6-12(10)7-14)19(16,17)15-8-11-4-5-18-9-11/h2-6,9,15H,7-8,14H2,1H3. The maximum Gasteiger partial charge on any atom is 0.240 e. The lowest BCUT2D eigenvalue weighted by Crippen LogP contribution is -2.23. The Morgan fingerprint density at radius 2 is 2.11 bits per heavy atom. The fraction of sp³-hybridized carbons (Fsp3) is 0.231. The number of benzene rings is 1. The van der Waals surface area contributed by atoms with Gasteiger partial charge in [-0.3, -0.25) is 0 Å². The summed E-state index contributed by atoms with van der Waals surface area (Å²) in [7, 11) is -3.49. The van der Waals surface area contributed by atoms with Gasteiger partial charge in [-0.15, -0.1) is 0 Å². The fourth-order valence-electron chi connectivity index (χ4n) is 1.69. The van der Waals surface area contributed by atoms with Gasteiger partial charge in [-0.25, -0.2) is 13.1 Å². The summed E-state index contributed by atoms with van der Waals surface area (Å²) in [6, 6.07) is 6.91. The maximum atomic E-state index is 12.2. The minimum absolute atomic E-state index is 0.258. The number of nitrogens with two attached hydrogens (primary N) is 1. The van der Waals surface area contributed by atoms with Crippen LogP contribution in [-0.4, -0.2) is 8.42 Å². The molecule has 3 N–H and O–H groups in total. The summed E-state index contributed by atoms with van der Waals surface area (Å²) in [4.78, 5) is 0.258. The monoisotopic (exact) mass is 296 g/mol. The second kappa shape index (κ2) is 5.83. The topological polar surface area (TPSA) is 72.2 Å². The first-order chi connectivity index (χ1) is 9.03. The van der Waals surface area contributed by atoms with Crippen LogP contribution < -0.4 is 10.5 Å². The smallest absolute Gasteiger partial charge is 0.240 e. The number of aryl methyl sites for hydroxylation is 1. The van der Waals surface area contributed by atoms with Crippen molar-refractivity contribution in [2.75, 3.05) is 0 Å². The van der Waals surface area contributed by atoms with Crippen molar-refractivity contribution < 1.29 is 8.42 Å². The Morgan fingerprint density at radius 1 is 1.32 bits per heavy atom. The summed E-state index contributed by atoms with van der Waals surface area (Å²) in [5, 5.41) is 3.84. The largest absolute Gasteiger partial charge is 0.326 e. The minimum atomic E-state index is -3.49. The van der Waals surface area contributed by atoms with Gasteiger partial charge in [-0.1, -0.05) is 6.07 Å². The molecule has 19 heavy (non-hydrogen) atoms. The van der Waals surface area contributed by atoms with E-state index in [-0.39, 0.29) is 4.90 Å². The minimum Gasteiger partial charge on any atom is -0.326 e. The zero-order chi connectivity index (χ0) is 13.9. The van der Waals surface area contributed by atoms with Gasteiger partial charge >= 0.3 is 0 Å².